The van der Waals surface area contributed by atoms with Crippen LogP contribution in [0.3, 0.4) is 0 Å². The highest BCUT2D eigenvalue weighted by Gasteiger charge is 2.12. The van der Waals surface area contributed by atoms with Crippen molar-refractivity contribution in [3.05, 3.63) is 65.9 Å². The van der Waals surface area contributed by atoms with E-state index in [1.165, 1.54) is 0 Å². The van der Waals surface area contributed by atoms with Gasteiger partial charge in [-0.15, -0.1) is 0 Å². The second kappa shape index (κ2) is 6.58. The summed E-state index contributed by atoms with van der Waals surface area (Å²) in [5, 5.41) is 14.2. The maximum absolute atomic E-state index is 12.5. The van der Waals surface area contributed by atoms with Crippen LogP contribution in [0.2, 0.25) is 0 Å². The van der Waals surface area contributed by atoms with Crippen molar-refractivity contribution in [2.45, 2.75) is 6.42 Å². The number of aryl methyl sites for hydroxylation is 1. The van der Waals surface area contributed by atoms with Crippen molar-refractivity contribution in [1.82, 2.24) is 9.78 Å². The number of carbonyl (C=O) groups is 1. The number of ether oxygens (including phenoxy) is 1. The van der Waals surface area contributed by atoms with Crippen molar-refractivity contribution in [2.24, 2.45) is 7.05 Å². The average Bonchev–Trinajstić information content (AvgIpc) is 3.02. The summed E-state index contributed by atoms with van der Waals surface area (Å²) in [6, 6.07) is 14.1. The molecule has 24 heavy (non-hydrogen) atoms. The highest BCUT2D eigenvalue weighted by atomic mass is 16.5. The van der Waals surface area contributed by atoms with E-state index in [1.807, 2.05) is 19.2 Å². The van der Waals surface area contributed by atoms with Gasteiger partial charge < -0.3 is 9.84 Å². The fraction of sp³-hybridized carbons (Fsp3) is 0.158. The lowest BCUT2D eigenvalue weighted by molar-refractivity contribution is 0.0992. The van der Waals surface area contributed by atoms with Gasteiger partial charge in [0, 0.05) is 30.8 Å². The topological polar surface area (TPSA) is 64.3 Å². The highest BCUT2D eigenvalue weighted by Crippen LogP contribution is 2.30. The van der Waals surface area contributed by atoms with E-state index in [0.717, 1.165) is 11.3 Å². The minimum Gasteiger partial charge on any atom is -0.507 e. The number of hydrogen-bond donors (Lipinski definition) is 1. The first-order valence-electron chi connectivity index (χ1n) is 7.56. The quantitative estimate of drug-likeness (QED) is 0.733. The molecule has 1 aromatic heterocycles. The molecule has 0 aliphatic heterocycles. The van der Waals surface area contributed by atoms with Crippen LogP contribution < -0.4 is 4.74 Å². The summed E-state index contributed by atoms with van der Waals surface area (Å²) in [5.74, 6) is 0.814. The zero-order chi connectivity index (χ0) is 17.1. The van der Waals surface area contributed by atoms with Crippen LogP contribution in [0.4, 0.5) is 0 Å². The molecular weight excluding hydrogens is 304 g/mol. The highest BCUT2D eigenvalue weighted by molar-refractivity contribution is 5.98. The number of phenols is 1. The molecule has 2 aromatic carbocycles. The summed E-state index contributed by atoms with van der Waals surface area (Å²) in [4.78, 5) is 12.5. The van der Waals surface area contributed by atoms with Gasteiger partial charge in [-0.1, -0.05) is 18.2 Å². The first-order chi connectivity index (χ1) is 11.6. The third-order valence-electron chi connectivity index (χ3n) is 3.91. The van der Waals surface area contributed by atoms with Crippen LogP contribution in [0.1, 0.15) is 15.9 Å². The number of aromatic hydroxyl groups is 1. The van der Waals surface area contributed by atoms with Crippen molar-refractivity contribution < 1.29 is 14.6 Å². The van der Waals surface area contributed by atoms with E-state index in [4.69, 9.17) is 4.74 Å². The normalized spacial score (nSPS) is 10.6. The number of ketones is 1. The molecule has 0 aliphatic carbocycles. The van der Waals surface area contributed by atoms with E-state index < -0.39 is 0 Å². The SMILES string of the molecule is COc1cccc(C(=O)Cc2ccc(O)c(-c3ccnn3C)c2)c1. The van der Waals surface area contributed by atoms with Crippen LogP contribution in [0.5, 0.6) is 11.5 Å². The third kappa shape index (κ3) is 3.15. The second-order valence-electron chi connectivity index (χ2n) is 5.52. The fourth-order valence-corrected chi connectivity index (χ4v) is 2.62. The molecule has 1 N–H and O–H groups in total. The molecule has 5 nitrogen and oxygen atoms in total. The first kappa shape index (κ1) is 15.8. The molecule has 0 fully saturated rings. The Bertz CT molecular complexity index is 884. The predicted molar refractivity (Wildman–Crippen MR) is 91.3 cm³/mol. The first-order valence-corrected chi connectivity index (χ1v) is 7.56. The molecular formula is C19H18N2O3. The lowest BCUT2D eigenvalue weighted by atomic mass is 9.99. The van der Waals surface area contributed by atoms with Crippen LogP contribution in [-0.4, -0.2) is 27.8 Å². The zero-order valence-electron chi connectivity index (χ0n) is 13.6. The Labute approximate surface area is 140 Å². The molecule has 0 unspecified atom stereocenters. The third-order valence-corrected chi connectivity index (χ3v) is 3.91. The summed E-state index contributed by atoms with van der Waals surface area (Å²) < 4.78 is 6.84. The van der Waals surface area contributed by atoms with Gasteiger partial charge in [-0.05, 0) is 35.9 Å². The second-order valence-corrected chi connectivity index (χ2v) is 5.52. The number of carbonyl (C=O) groups excluding carboxylic acids is 1. The molecule has 0 radical (unpaired) electrons. The van der Waals surface area contributed by atoms with Gasteiger partial charge in [0.25, 0.3) is 0 Å². The predicted octanol–water partition coefficient (Wildman–Crippen LogP) is 3.23. The number of methoxy groups -OCH3 is 1. The molecule has 0 bridgehead atoms. The van der Waals surface area contributed by atoms with Gasteiger partial charge in [0.1, 0.15) is 11.5 Å². The van der Waals surface area contributed by atoms with Crippen molar-refractivity contribution in [3.63, 3.8) is 0 Å². The van der Waals surface area contributed by atoms with Gasteiger partial charge in [-0.3, -0.25) is 9.48 Å². The van der Waals surface area contributed by atoms with Crippen molar-refractivity contribution in [3.8, 4) is 22.8 Å². The molecule has 122 valence electrons. The average molecular weight is 322 g/mol. The number of rotatable bonds is 5. The lowest BCUT2D eigenvalue weighted by Crippen LogP contribution is -2.04. The minimum atomic E-state index is -0.00412. The summed E-state index contributed by atoms with van der Waals surface area (Å²) in [5.41, 5.74) is 2.88. The Morgan fingerprint density at radius 1 is 1.21 bits per heavy atom. The molecule has 0 saturated heterocycles. The Morgan fingerprint density at radius 3 is 2.75 bits per heavy atom. The van der Waals surface area contributed by atoms with Gasteiger partial charge in [0.05, 0.1) is 12.8 Å². The van der Waals surface area contributed by atoms with Crippen molar-refractivity contribution >= 4 is 5.78 Å². The number of aromatic nitrogens is 2. The van der Waals surface area contributed by atoms with Crippen LogP contribution in [0.15, 0.2) is 54.7 Å². The summed E-state index contributed by atoms with van der Waals surface area (Å²) in [6.45, 7) is 0. The van der Waals surface area contributed by atoms with Gasteiger partial charge >= 0.3 is 0 Å². The van der Waals surface area contributed by atoms with E-state index in [9.17, 15) is 9.90 Å². The molecule has 3 aromatic rings. The number of hydrogen-bond acceptors (Lipinski definition) is 4. The standard InChI is InChI=1S/C19H18N2O3/c1-21-17(8-9-20-21)16-10-13(6-7-18(16)22)11-19(23)14-4-3-5-15(12-14)24-2/h3-10,12,22H,11H2,1-2H3. The van der Waals surface area contributed by atoms with Crippen molar-refractivity contribution in [1.29, 1.82) is 0 Å². The molecule has 1 heterocycles. The largest absolute Gasteiger partial charge is 0.507 e. The van der Waals surface area contributed by atoms with Crippen LogP contribution in [-0.2, 0) is 13.5 Å². The fourth-order valence-electron chi connectivity index (χ4n) is 2.62. The Hall–Kier alpha value is -3.08. The maximum Gasteiger partial charge on any atom is 0.167 e. The van der Waals surface area contributed by atoms with Gasteiger partial charge in [0.2, 0.25) is 0 Å². The lowest BCUT2D eigenvalue weighted by Gasteiger charge is -2.09. The van der Waals surface area contributed by atoms with Crippen LogP contribution >= 0.6 is 0 Å². The van der Waals surface area contributed by atoms with E-state index in [-0.39, 0.29) is 18.0 Å². The molecule has 5 heteroatoms. The number of benzene rings is 2. The smallest absolute Gasteiger partial charge is 0.167 e. The summed E-state index contributed by atoms with van der Waals surface area (Å²) in [7, 11) is 3.38. The number of Topliss-reactive ketones (excluding diaryl/α,β-unsaturated/α-hetero) is 1. The maximum atomic E-state index is 12.5. The molecule has 0 spiro atoms. The van der Waals surface area contributed by atoms with Crippen LogP contribution in [0, 0.1) is 0 Å². The van der Waals surface area contributed by atoms with Gasteiger partial charge in [-0.25, -0.2) is 0 Å². The molecule has 0 amide bonds. The van der Waals surface area contributed by atoms with E-state index in [0.29, 0.717) is 16.9 Å². The van der Waals surface area contributed by atoms with Gasteiger partial charge in [0.15, 0.2) is 5.78 Å². The van der Waals surface area contributed by atoms with E-state index in [2.05, 4.69) is 5.10 Å². The number of phenolic OH excluding ortho intramolecular Hbond substituents is 1. The summed E-state index contributed by atoms with van der Waals surface area (Å²) >= 11 is 0. The van der Waals surface area contributed by atoms with Crippen LogP contribution in [0.25, 0.3) is 11.3 Å². The molecule has 0 saturated carbocycles. The number of nitrogens with zero attached hydrogens (tertiary/aromatic N) is 2. The van der Waals surface area contributed by atoms with E-state index >= 15 is 0 Å². The minimum absolute atomic E-state index is 0.00412. The Balaban J connectivity index is 1.88. The molecule has 0 atom stereocenters. The van der Waals surface area contributed by atoms with Crippen molar-refractivity contribution in [2.75, 3.05) is 7.11 Å². The monoisotopic (exact) mass is 322 g/mol. The zero-order valence-corrected chi connectivity index (χ0v) is 13.6. The summed E-state index contributed by atoms with van der Waals surface area (Å²) in [6.07, 6.45) is 1.92. The Morgan fingerprint density at radius 2 is 2.04 bits per heavy atom. The Kier molecular flexibility index (Phi) is 4.33. The van der Waals surface area contributed by atoms with E-state index in [1.54, 1.807) is 54.4 Å². The molecule has 3 rings (SSSR count). The van der Waals surface area contributed by atoms with Gasteiger partial charge in [-0.2, -0.15) is 5.10 Å². The molecule has 0 aliphatic rings.